The van der Waals surface area contributed by atoms with E-state index in [1.807, 2.05) is 36.4 Å². The van der Waals surface area contributed by atoms with Crippen LogP contribution >= 0.6 is 23.2 Å². The molecule has 0 aliphatic rings. The van der Waals surface area contributed by atoms with E-state index in [1.54, 1.807) is 24.3 Å². The highest BCUT2D eigenvalue weighted by molar-refractivity contribution is 6.35. The van der Waals surface area contributed by atoms with E-state index in [1.165, 1.54) is 17.7 Å². The zero-order valence-corrected chi connectivity index (χ0v) is 22.2. The Bertz CT molecular complexity index is 1550. The molecule has 38 heavy (non-hydrogen) atoms. The van der Waals surface area contributed by atoms with Gasteiger partial charge in [0.1, 0.15) is 5.82 Å². The molecule has 0 saturated heterocycles. The molecule has 6 heteroatoms. The molecule has 0 saturated carbocycles. The molecule has 4 aromatic carbocycles. The van der Waals surface area contributed by atoms with Gasteiger partial charge in [-0.3, -0.25) is 4.79 Å². The minimum Gasteiger partial charge on any atom is -0.356 e. The largest absolute Gasteiger partial charge is 0.356 e. The Morgan fingerprint density at radius 1 is 0.895 bits per heavy atom. The van der Waals surface area contributed by atoms with Crippen molar-refractivity contribution < 1.29 is 9.18 Å². The average Bonchev–Trinajstić information content (AvgIpc) is 3.28. The maximum Gasteiger partial charge on any atom is 0.220 e. The first-order valence-corrected chi connectivity index (χ1v) is 13.3. The van der Waals surface area contributed by atoms with Crippen molar-refractivity contribution >= 4 is 40.0 Å². The third-order valence-corrected chi connectivity index (χ3v) is 7.37. The minimum atomic E-state index is -0.302. The fourth-order valence-corrected chi connectivity index (χ4v) is 5.39. The number of benzene rings is 4. The number of hydrogen-bond donors (Lipinski definition) is 1. The summed E-state index contributed by atoms with van der Waals surface area (Å²) in [4.78, 5) is 13.2. The molecule has 0 radical (unpaired) electrons. The van der Waals surface area contributed by atoms with Gasteiger partial charge < -0.3 is 9.88 Å². The van der Waals surface area contributed by atoms with E-state index in [9.17, 15) is 9.18 Å². The van der Waals surface area contributed by atoms with Gasteiger partial charge in [0.25, 0.3) is 0 Å². The molecular formula is C32H27Cl2FN2O. The minimum absolute atomic E-state index is 0.0794. The monoisotopic (exact) mass is 544 g/mol. The Morgan fingerprint density at radius 3 is 2.39 bits per heavy atom. The number of carbonyl (C=O) groups excluding carboxylic acids is 1. The maximum absolute atomic E-state index is 13.8. The van der Waals surface area contributed by atoms with E-state index in [4.69, 9.17) is 23.2 Å². The molecule has 0 bridgehead atoms. The average molecular weight is 545 g/mol. The quantitative estimate of drug-likeness (QED) is 0.200. The highest BCUT2D eigenvalue weighted by atomic mass is 35.5. The van der Waals surface area contributed by atoms with Gasteiger partial charge in [0.15, 0.2) is 0 Å². The molecular weight excluding hydrogens is 518 g/mol. The summed E-state index contributed by atoms with van der Waals surface area (Å²) in [5.41, 5.74) is 5.15. The second-order valence-corrected chi connectivity index (χ2v) is 10.2. The van der Waals surface area contributed by atoms with Gasteiger partial charge in [-0.2, -0.15) is 0 Å². The van der Waals surface area contributed by atoms with Crippen LogP contribution in [0.2, 0.25) is 10.0 Å². The van der Waals surface area contributed by atoms with Crippen molar-refractivity contribution in [2.24, 2.45) is 0 Å². The van der Waals surface area contributed by atoms with Crippen molar-refractivity contribution in [1.29, 1.82) is 0 Å². The molecule has 5 aromatic rings. The Labute approximate surface area is 231 Å². The van der Waals surface area contributed by atoms with Crippen molar-refractivity contribution in [2.45, 2.75) is 25.3 Å². The zero-order chi connectivity index (χ0) is 26.5. The summed E-state index contributed by atoms with van der Waals surface area (Å²) in [5.74, 6) is -0.621. The lowest BCUT2D eigenvalue weighted by molar-refractivity contribution is -0.121. The normalized spacial score (nSPS) is 12.0. The summed E-state index contributed by atoms with van der Waals surface area (Å²) >= 11 is 12.3. The highest BCUT2D eigenvalue weighted by Gasteiger charge is 2.23. The van der Waals surface area contributed by atoms with E-state index in [2.05, 4.69) is 40.3 Å². The molecule has 0 aliphatic carbocycles. The molecule has 0 fully saturated rings. The third kappa shape index (κ3) is 6.09. The lowest BCUT2D eigenvalue weighted by atomic mass is 9.88. The Morgan fingerprint density at radius 2 is 1.63 bits per heavy atom. The second-order valence-electron chi connectivity index (χ2n) is 9.36. The van der Waals surface area contributed by atoms with E-state index in [0.717, 1.165) is 27.6 Å². The van der Waals surface area contributed by atoms with Crippen molar-refractivity contribution in [3.05, 3.63) is 141 Å². The molecule has 0 aliphatic heterocycles. The number of hydrogen-bond acceptors (Lipinski definition) is 1. The van der Waals surface area contributed by atoms with Crippen LogP contribution < -0.4 is 5.32 Å². The van der Waals surface area contributed by atoms with Crippen LogP contribution in [-0.4, -0.2) is 17.0 Å². The first kappa shape index (κ1) is 26.0. The van der Waals surface area contributed by atoms with Crippen molar-refractivity contribution in [1.82, 2.24) is 9.88 Å². The van der Waals surface area contributed by atoms with E-state index in [-0.39, 0.29) is 24.1 Å². The molecule has 1 heterocycles. The number of carbonyl (C=O) groups is 1. The molecule has 1 amide bonds. The molecule has 5 rings (SSSR count). The first-order valence-electron chi connectivity index (χ1n) is 12.6. The number of fused-ring (bicyclic) bond motifs is 1. The molecule has 0 spiro atoms. The van der Waals surface area contributed by atoms with Crippen LogP contribution in [-0.2, 0) is 17.8 Å². The number of halogens is 3. The highest BCUT2D eigenvalue weighted by Crippen LogP contribution is 2.35. The van der Waals surface area contributed by atoms with Gasteiger partial charge in [-0.25, -0.2) is 4.39 Å². The summed E-state index contributed by atoms with van der Waals surface area (Å²) in [6.07, 6.45) is 2.96. The predicted octanol–water partition coefficient (Wildman–Crippen LogP) is 8.02. The van der Waals surface area contributed by atoms with Crippen molar-refractivity contribution in [3.63, 3.8) is 0 Å². The fraction of sp³-hybridized carbons (Fsp3) is 0.156. The van der Waals surface area contributed by atoms with Gasteiger partial charge in [-0.15, -0.1) is 0 Å². The van der Waals surface area contributed by atoms with Crippen LogP contribution in [0.5, 0.6) is 0 Å². The lowest BCUT2D eigenvalue weighted by Crippen LogP contribution is -2.27. The molecule has 0 unspecified atom stereocenters. The van der Waals surface area contributed by atoms with Gasteiger partial charge in [0.05, 0.1) is 0 Å². The number of nitrogens with zero attached hydrogens (tertiary/aromatic N) is 1. The molecule has 1 aromatic heterocycles. The van der Waals surface area contributed by atoms with E-state index >= 15 is 0 Å². The zero-order valence-electron chi connectivity index (χ0n) is 20.7. The molecule has 1 N–H and O–H groups in total. The Balaban J connectivity index is 1.41. The number of nitrogens with one attached hydrogen (secondary N) is 1. The van der Waals surface area contributed by atoms with Gasteiger partial charge in [0.2, 0.25) is 5.91 Å². The summed E-state index contributed by atoms with van der Waals surface area (Å²) in [6, 6.07) is 30.3. The standard InChI is InChI=1S/C32H27Cl2FN2O/c33-25-13-10-24(30(34)18-25)16-17-36-32(38)19-28(23-11-14-26(35)15-12-23)29-21-37(20-22-6-2-1-3-7-22)31-9-5-4-8-27(29)31/h1-15,18,21,28H,16-17,19-20H2,(H,36,38)/t28-/m0/s1. The summed E-state index contributed by atoms with van der Waals surface area (Å²) < 4.78 is 16.0. The molecule has 1 atom stereocenters. The number of aromatic nitrogens is 1. The molecule has 3 nitrogen and oxygen atoms in total. The van der Waals surface area contributed by atoms with E-state index in [0.29, 0.717) is 29.6 Å². The maximum atomic E-state index is 13.8. The van der Waals surface area contributed by atoms with Crippen molar-refractivity contribution in [2.75, 3.05) is 6.54 Å². The van der Waals surface area contributed by atoms with E-state index < -0.39 is 0 Å². The van der Waals surface area contributed by atoms with Crippen LogP contribution in [0.4, 0.5) is 4.39 Å². The first-order chi connectivity index (χ1) is 18.5. The Kier molecular flexibility index (Phi) is 8.11. The second kappa shape index (κ2) is 11.8. The smallest absolute Gasteiger partial charge is 0.220 e. The van der Waals surface area contributed by atoms with Crippen LogP contribution in [0.3, 0.4) is 0 Å². The summed E-state index contributed by atoms with van der Waals surface area (Å²) in [7, 11) is 0. The van der Waals surface area contributed by atoms with Crippen LogP contribution in [0.1, 0.15) is 34.6 Å². The predicted molar refractivity (Wildman–Crippen MR) is 154 cm³/mol. The summed E-state index contributed by atoms with van der Waals surface area (Å²) in [5, 5.41) is 5.28. The number of amides is 1. The lowest BCUT2D eigenvalue weighted by Gasteiger charge is -2.17. The fourth-order valence-electron chi connectivity index (χ4n) is 4.88. The molecule has 192 valence electrons. The van der Waals surface area contributed by atoms with Gasteiger partial charge >= 0.3 is 0 Å². The van der Waals surface area contributed by atoms with Gasteiger partial charge in [-0.05, 0) is 59.0 Å². The topological polar surface area (TPSA) is 34.0 Å². The summed E-state index contributed by atoms with van der Waals surface area (Å²) in [6.45, 7) is 1.16. The van der Waals surface area contributed by atoms with Gasteiger partial charge in [0, 0.05) is 52.6 Å². The SMILES string of the molecule is O=C(C[C@@H](c1ccc(F)cc1)c1cn(Cc2ccccc2)c2ccccc12)NCCc1ccc(Cl)cc1Cl. The Hall–Kier alpha value is -3.60. The van der Waals surface area contributed by atoms with Crippen LogP contribution in [0.25, 0.3) is 10.9 Å². The van der Waals surface area contributed by atoms with Gasteiger partial charge in [-0.1, -0.05) is 89.9 Å². The number of rotatable bonds is 9. The third-order valence-electron chi connectivity index (χ3n) is 6.78. The van der Waals surface area contributed by atoms with Crippen LogP contribution in [0, 0.1) is 5.82 Å². The number of para-hydroxylation sites is 1. The van der Waals surface area contributed by atoms with Crippen molar-refractivity contribution in [3.8, 4) is 0 Å². The van der Waals surface area contributed by atoms with Crippen LogP contribution in [0.15, 0.2) is 103 Å².